The standard InChI is InChI=1S/C25H26FN3O2/c1-18-15-24(31)29(27-25(18)21-5-3-2-4-6-21)17-20-11-13-28(14-12-20)23(30)16-19-7-9-22(26)10-8-19/h2-10,15,20H,11-14,16-17H2,1H3. The molecule has 6 heteroatoms. The molecule has 5 nitrogen and oxygen atoms in total. The molecule has 2 heterocycles. The number of carbonyl (C=O) groups is 1. The van der Waals surface area contributed by atoms with E-state index >= 15 is 0 Å². The number of aryl methyl sites for hydroxylation is 1. The van der Waals surface area contributed by atoms with E-state index in [1.807, 2.05) is 42.2 Å². The maximum absolute atomic E-state index is 13.0. The van der Waals surface area contributed by atoms with Crippen LogP contribution >= 0.6 is 0 Å². The predicted octanol–water partition coefficient (Wildman–Crippen LogP) is 3.84. The Labute approximate surface area is 181 Å². The highest BCUT2D eigenvalue weighted by Gasteiger charge is 2.24. The summed E-state index contributed by atoms with van der Waals surface area (Å²) in [6, 6.07) is 17.6. The molecule has 0 unspecified atom stereocenters. The van der Waals surface area contributed by atoms with E-state index < -0.39 is 0 Å². The minimum absolute atomic E-state index is 0.0575. The summed E-state index contributed by atoms with van der Waals surface area (Å²) in [7, 11) is 0. The number of hydrogen-bond acceptors (Lipinski definition) is 3. The number of benzene rings is 2. The van der Waals surface area contributed by atoms with Gasteiger partial charge in [-0.15, -0.1) is 0 Å². The molecule has 1 aliphatic heterocycles. The molecule has 1 saturated heterocycles. The molecular weight excluding hydrogens is 393 g/mol. The van der Waals surface area contributed by atoms with Crippen LogP contribution in [0.4, 0.5) is 4.39 Å². The van der Waals surface area contributed by atoms with E-state index in [4.69, 9.17) is 0 Å². The molecule has 0 aliphatic carbocycles. The lowest BCUT2D eigenvalue weighted by atomic mass is 9.96. The Kier molecular flexibility index (Phi) is 6.26. The monoisotopic (exact) mass is 419 g/mol. The van der Waals surface area contributed by atoms with E-state index in [-0.39, 0.29) is 23.7 Å². The third kappa shape index (κ3) is 5.08. The highest BCUT2D eigenvalue weighted by Crippen LogP contribution is 2.22. The molecule has 1 fully saturated rings. The number of aromatic nitrogens is 2. The van der Waals surface area contributed by atoms with Gasteiger partial charge in [0.2, 0.25) is 5.91 Å². The normalized spacial score (nSPS) is 14.6. The number of hydrogen-bond donors (Lipinski definition) is 0. The van der Waals surface area contributed by atoms with Crippen LogP contribution in [-0.4, -0.2) is 33.7 Å². The summed E-state index contributed by atoms with van der Waals surface area (Å²) < 4.78 is 14.6. The van der Waals surface area contributed by atoms with Crippen LogP contribution in [0, 0.1) is 18.7 Å². The summed E-state index contributed by atoms with van der Waals surface area (Å²) >= 11 is 0. The predicted molar refractivity (Wildman–Crippen MR) is 118 cm³/mol. The van der Waals surface area contributed by atoms with Crippen molar-refractivity contribution < 1.29 is 9.18 Å². The van der Waals surface area contributed by atoms with Crippen LogP contribution in [0.25, 0.3) is 11.3 Å². The van der Waals surface area contributed by atoms with Gasteiger partial charge in [0, 0.05) is 31.3 Å². The highest BCUT2D eigenvalue weighted by molar-refractivity contribution is 5.78. The minimum atomic E-state index is -0.299. The van der Waals surface area contributed by atoms with Crippen LogP contribution in [0.5, 0.6) is 0 Å². The van der Waals surface area contributed by atoms with E-state index in [1.54, 1.807) is 22.9 Å². The Balaban J connectivity index is 1.38. The summed E-state index contributed by atoms with van der Waals surface area (Å²) in [5.41, 5.74) is 3.42. The van der Waals surface area contributed by atoms with Crippen LogP contribution in [0.1, 0.15) is 24.0 Å². The lowest BCUT2D eigenvalue weighted by molar-refractivity contribution is -0.131. The van der Waals surface area contributed by atoms with E-state index in [9.17, 15) is 14.0 Å². The smallest absolute Gasteiger partial charge is 0.267 e. The molecule has 1 aromatic heterocycles. The summed E-state index contributed by atoms with van der Waals surface area (Å²) in [4.78, 5) is 26.9. The van der Waals surface area contributed by atoms with E-state index in [1.165, 1.54) is 12.1 Å². The molecule has 1 amide bonds. The van der Waals surface area contributed by atoms with Gasteiger partial charge in [-0.3, -0.25) is 9.59 Å². The van der Waals surface area contributed by atoms with Crippen molar-refractivity contribution in [2.75, 3.05) is 13.1 Å². The molecule has 160 valence electrons. The molecule has 0 radical (unpaired) electrons. The van der Waals surface area contributed by atoms with Crippen LogP contribution < -0.4 is 5.56 Å². The van der Waals surface area contributed by atoms with Crippen LogP contribution in [0.2, 0.25) is 0 Å². The summed E-state index contributed by atoms with van der Waals surface area (Å²) in [5, 5.41) is 4.65. The van der Waals surface area contributed by atoms with Gasteiger partial charge in [0.15, 0.2) is 0 Å². The molecule has 3 aromatic rings. The number of carbonyl (C=O) groups excluding carboxylic acids is 1. The molecule has 31 heavy (non-hydrogen) atoms. The van der Waals surface area contributed by atoms with Gasteiger partial charge in [0.1, 0.15) is 5.82 Å². The van der Waals surface area contributed by atoms with Crippen LogP contribution in [0.15, 0.2) is 65.5 Å². The number of piperidine rings is 1. The van der Waals surface area contributed by atoms with Crippen molar-refractivity contribution in [1.82, 2.24) is 14.7 Å². The van der Waals surface area contributed by atoms with Crippen molar-refractivity contribution in [2.45, 2.75) is 32.7 Å². The zero-order chi connectivity index (χ0) is 21.8. The van der Waals surface area contributed by atoms with Gasteiger partial charge in [-0.2, -0.15) is 5.10 Å². The largest absolute Gasteiger partial charge is 0.342 e. The Hall–Kier alpha value is -3.28. The molecule has 4 rings (SSSR count). The van der Waals surface area contributed by atoms with Gasteiger partial charge >= 0.3 is 0 Å². The average molecular weight is 420 g/mol. The second kappa shape index (κ2) is 9.25. The topological polar surface area (TPSA) is 55.2 Å². The summed E-state index contributed by atoms with van der Waals surface area (Å²) in [5.74, 6) is 0.0563. The zero-order valence-electron chi connectivity index (χ0n) is 17.6. The maximum atomic E-state index is 13.0. The molecule has 2 aromatic carbocycles. The first-order valence-electron chi connectivity index (χ1n) is 10.7. The van der Waals surface area contributed by atoms with Gasteiger partial charge in [-0.25, -0.2) is 9.07 Å². The SMILES string of the molecule is Cc1cc(=O)n(CC2CCN(C(=O)Cc3ccc(F)cc3)CC2)nc1-c1ccccc1. The molecule has 0 spiro atoms. The van der Waals surface area contributed by atoms with E-state index in [0.29, 0.717) is 25.6 Å². The van der Waals surface area contributed by atoms with Crippen molar-refractivity contribution in [3.05, 3.63) is 88.0 Å². The highest BCUT2D eigenvalue weighted by atomic mass is 19.1. The number of rotatable bonds is 5. The lowest BCUT2D eigenvalue weighted by Gasteiger charge is -2.32. The molecule has 1 aliphatic rings. The van der Waals surface area contributed by atoms with Gasteiger partial charge in [-0.05, 0) is 48.9 Å². The van der Waals surface area contributed by atoms with Gasteiger partial charge < -0.3 is 4.90 Å². The maximum Gasteiger partial charge on any atom is 0.267 e. The molecule has 0 bridgehead atoms. The Morgan fingerprint density at radius 3 is 2.42 bits per heavy atom. The van der Waals surface area contributed by atoms with Crippen molar-refractivity contribution in [1.29, 1.82) is 0 Å². The number of nitrogens with zero attached hydrogens (tertiary/aromatic N) is 3. The van der Waals surface area contributed by atoms with E-state index in [2.05, 4.69) is 5.10 Å². The van der Waals surface area contributed by atoms with Crippen molar-refractivity contribution in [2.24, 2.45) is 5.92 Å². The first kappa shape index (κ1) is 21.0. The summed E-state index contributed by atoms with van der Waals surface area (Å²) in [6.45, 7) is 3.79. The lowest BCUT2D eigenvalue weighted by Crippen LogP contribution is -2.41. The van der Waals surface area contributed by atoms with Crippen molar-refractivity contribution in [3.63, 3.8) is 0 Å². The van der Waals surface area contributed by atoms with Crippen molar-refractivity contribution >= 4 is 5.91 Å². The van der Waals surface area contributed by atoms with Crippen molar-refractivity contribution in [3.8, 4) is 11.3 Å². The number of likely N-dealkylation sites (tertiary alicyclic amines) is 1. The van der Waals surface area contributed by atoms with Crippen LogP contribution in [-0.2, 0) is 17.8 Å². The second-order valence-corrected chi connectivity index (χ2v) is 8.19. The van der Waals surface area contributed by atoms with Gasteiger partial charge in [0.25, 0.3) is 5.56 Å². The fourth-order valence-electron chi connectivity index (χ4n) is 4.09. The molecule has 0 saturated carbocycles. The third-order valence-electron chi connectivity index (χ3n) is 5.90. The number of amides is 1. The Morgan fingerprint density at radius 2 is 1.74 bits per heavy atom. The Bertz CT molecular complexity index is 1100. The third-order valence-corrected chi connectivity index (χ3v) is 5.90. The van der Waals surface area contributed by atoms with Gasteiger partial charge in [0.05, 0.1) is 12.1 Å². The molecular formula is C25H26FN3O2. The minimum Gasteiger partial charge on any atom is -0.342 e. The fraction of sp³-hybridized carbons (Fsp3) is 0.320. The first-order valence-corrected chi connectivity index (χ1v) is 10.7. The zero-order valence-corrected chi connectivity index (χ0v) is 17.6. The molecule has 0 atom stereocenters. The van der Waals surface area contributed by atoms with Gasteiger partial charge in [-0.1, -0.05) is 42.5 Å². The first-order chi connectivity index (χ1) is 15.0. The van der Waals surface area contributed by atoms with E-state index in [0.717, 1.165) is 35.2 Å². The average Bonchev–Trinajstić information content (AvgIpc) is 2.78. The number of halogens is 1. The fourth-order valence-corrected chi connectivity index (χ4v) is 4.09. The Morgan fingerprint density at radius 1 is 1.06 bits per heavy atom. The summed E-state index contributed by atoms with van der Waals surface area (Å²) in [6.07, 6.45) is 1.94. The quantitative estimate of drug-likeness (QED) is 0.631. The second-order valence-electron chi connectivity index (χ2n) is 8.19. The molecule has 0 N–H and O–H groups in total. The van der Waals surface area contributed by atoms with Crippen LogP contribution in [0.3, 0.4) is 0 Å².